The quantitative estimate of drug-likeness (QED) is 0.538. The van der Waals surface area contributed by atoms with E-state index in [0.29, 0.717) is 18.6 Å². The van der Waals surface area contributed by atoms with Crippen molar-refractivity contribution in [3.63, 3.8) is 0 Å². The molecule has 9 heteroatoms. The molecule has 1 aliphatic heterocycles. The average molecular weight is 395 g/mol. The van der Waals surface area contributed by atoms with E-state index in [-0.39, 0.29) is 24.5 Å². The SMILES string of the molecule is C=CCNC(=O)C(=O)NC[C@H]1OCCCN1S(=O)(=O)c1cc(C)ccc1C. The molecule has 0 aliphatic carbocycles. The van der Waals surface area contributed by atoms with Crippen molar-refractivity contribution in [1.82, 2.24) is 14.9 Å². The highest BCUT2D eigenvalue weighted by molar-refractivity contribution is 7.89. The molecule has 1 aromatic carbocycles. The third-order valence-corrected chi connectivity index (χ3v) is 6.17. The highest BCUT2D eigenvalue weighted by Gasteiger charge is 2.35. The second-order valence-electron chi connectivity index (χ2n) is 6.27. The first-order chi connectivity index (χ1) is 12.8. The Hall–Kier alpha value is -2.23. The summed E-state index contributed by atoms with van der Waals surface area (Å²) in [5, 5.41) is 4.78. The highest BCUT2D eigenvalue weighted by Crippen LogP contribution is 2.25. The third kappa shape index (κ3) is 5.15. The van der Waals surface area contributed by atoms with Gasteiger partial charge in [-0.05, 0) is 37.5 Å². The maximum atomic E-state index is 13.1. The topological polar surface area (TPSA) is 105 Å². The molecule has 0 radical (unpaired) electrons. The number of carbonyl (C=O) groups excluding carboxylic acids is 2. The van der Waals surface area contributed by atoms with Gasteiger partial charge in [0.1, 0.15) is 6.23 Å². The van der Waals surface area contributed by atoms with Crippen LogP contribution in [0, 0.1) is 13.8 Å². The van der Waals surface area contributed by atoms with E-state index in [1.807, 2.05) is 13.0 Å². The molecular formula is C18H25N3O5S. The second kappa shape index (κ2) is 9.12. The van der Waals surface area contributed by atoms with Gasteiger partial charge in [-0.15, -0.1) is 6.58 Å². The van der Waals surface area contributed by atoms with Gasteiger partial charge in [-0.3, -0.25) is 9.59 Å². The van der Waals surface area contributed by atoms with Gasteiger partial charge in [0.15, 0.2) is 0 Å². The lowest BCUT2D eigenvalue weighted by atomic mass is 10.2. The minimum Gasteiger partial charge on any atom is -0.360 e. The average Bonchev–Trinajstić information content (AvgIpc) is 2.66. The Labute approximate surface area is 159 Å². The van der Waals surface area contributed by atoms with E-state index < -0.39 is 28.1 Å². The maximum Gasteiger partial charge on any atom is 0.309 e. The van der Waals surface area contributed by atoms with Crippen LogP contribution in [0.3, 0.4) is 0 Å². The smallest absolute Gasteiger partial charge is 0.309 e. The molecular weight excluding hydrogens is 370 g/mol. The molecule has 2 rings (SSSR count). The largest absolute Gasteiger partial charge is 0.360 e. The molecule has 1 aliphatic rings. The zero-order chi connectivity index (χ0) is 20.0. The predicted octanol–water partition coefficient (Wildman–Crippen LogP) is 0.459. The van der Waals surface area contributed by atoms with E-state index in [2.05, 4.69) is 17.2 Å². The maximum absolute atomic E-state index is 13.1. The summed E-state index contributed by atoms with van der Waals surface area (Å²) in [6.07, 6.45) is 1.13. The van der Waals surface area contributed by atoms with Crippen molar-refractivity contribution >= 4 is 21.8 Å². The lowest BCUT2D eigenvalue weighted by molar-refractivity contribution is -0.140. The zero-order valence-corrected chi connectivity index (χ0v) is 16.3. The van der Waals surface area contributed by atoms with E-state index in [1.165, 1.54) is 10.4 Å². The number of ether oxygens (including phenoxy) is 1. The van der Waals surface area contributed by atoms with E-state index in [4.69, 9.17) is 4.74 Å². The Kier molecular flexibility index (Phi) is 7.11. The fourth-order valence-electron chi connectivity index (χ4n) is 2.72. The molecule has 1 atom stereocenters. The first-order valence-electron chi connectivity index (χ1n) is 8.65. The van der Waals surface area contributed by atoms with Crippen LogP contribution in [0.4, 0.5) is 0 Å². The summed E-state index contributed by atoms with van der Waals surface area (Å²) < 4.78 is 33.1. The number of sulfonamides is 1. The minimum atomic E-state index is -3.80. The number of hydrogen-bond acceptors (Lipinski definition) is 5. The van der Waals surface area contributed by atoms with Crippen LogP contribution in [-0.2, 0) is 24.3 Å². The summed E-state index contributed by atoms with van der Waals surface area (Å²) in [4.78, 5) is 23.7. The van der Waals surface area contributed by atoms with E-state index >= 15 is 0 Å². The summed E-state index contributed by atoms with van der Waals surface area (Å²) in [6.45, 7) is 7.71. The summed E-state index contributed by atoms with van der Waals surface area (Å²) in [5.74, 6) is -1.66. The fourth-order valence-corrected chi connectivity index (χ4v) is 4.60. The number of amides is 2. The molecule has 0 spiro atoms. The summed E-state index contributed by atoms with van der Waals surface area (Å²) in [6, 6.07) is 5.23. The van der Waals surface area contributed by atoms with Crippen molar-refractivity contribution in [2.75, 3.05) is 26.2 Å². The second-order valence-corrected chi connectivity index (χ2v) is 8.13. The number of rotatable bonds is 6. The number of aryl methyl sites for hydroxylation is 2. The molecule has 1 aromatic rings. The molecule has 1 saturated heterocycles. The van der Waals surface area contributed by atoms with E-state index in [0.717, 1.165) is 5.56 Å². The molecule has 2 amide bonds. The Morgan fingerprint density at radius 2 is 2.00 bits per heavy atom. The Balaban J connectivity index is 2.14. The Bertz CT molecular complexity index is 822. The van der Waals surface area contributed by atoms with Gasteiger partial charge in [0.05, 0.1) is 18.0 Å². The highest BCUT2D eigenvalue weighted by atomic mass is 32.2. The van der Waals surface area contributed by atoms with Gasteiger partial charge < -0.3 is 15.4 Å². The van der Waals surface area contributed by atoms with E-state index in [9.17, 15) is 18.0 Å². The fraction of sp³-hybridized carbons (Fsp3) is 0.444. The standard InChI is InChI=1S/C18H25N3O5S/c1-4-8-19-17(22)18(23)20-12-16-21(9-5-10-26-16)27(24,25)15-11-13(2)6-7-14(15)3/h4,6-7,11,16H,1,5,8-10,12H2,2-3H3,(H,19,22)(H,20,23)/t16-/m1/s1. The van der Waals surface area contributed by atoms with Crippen LogP contribution in [0.5, 0.6) is 0 Å². The van der Waals surface area contributed by atoms with Crippen molar-refractivity contribution < 1.29 is 22.7 Å². The summed E-state index contributed by atoms with van der Waals surface area (Å²) in [5.41, 5.74) is 1.47. The molecule has 0 unspecified atom stereocenters. The molecule has 148 valence electrons. The van der Waals surface area contributed by atoms with Gasteiger partial charge in [0.25, 0.3) is 0 Å². The Morgan fingerprint density at radius 1 is 1.30 bits per heavy atom. The lowest BCUT2D eigenvalue weighted by Gasteiger charge is -2.35. The third-order valence-electron chi connectivity index (χ3n) is 4.13. The number of nitrogens with one attached hydrogen (secondary N) is 2. The Morgan fingerprint density at radius 3 is 2.70 bits per heavy atom. The molecule has 2 N–H and O–H groups in total. The predicted molar refractivity (Wildman–Crippen MR) is 100 cm³/mol. The monoisotopic (exact) mass is 395 g/mol. The van der Waals surface area contributed by atoms with Crippen molar-refractivity contribution in [1.29, 1.82) is 0 Å². The molecule has 0 saturated carbocycles. The molecule has 1 heterocycles. The van der Waals surface area contributed by atoms with Crippen LogP contribution in [-0.4, -0.2) is 57.0 Å². The van der Waals surface area contributed by atoms with Gasteiger partial charge in [-0.1, -0.05) is 18.2 Å². The van der Waals surface area contributed by atoms with Gasteiger partial charge in [0, 0.05) is 13.1 Å². The number of nitrogens with zero attached hydrogens (tertiary/aromatic N) is 1. The summed E-state index contributed by atoms with van der Waals surface area (Å²) in [7, 11) is -3.80. The van der Waals surface area contributed by atoms with Crippen LogP contribution < -0.4 is 10.6 Å². The van der Waals surface area contributed by atoms with E-state index in [1.54, 1.807) is 19.1 Å². The van der Waals surface area contributed by atoms with Gasteiger partial charge in [0.2, 0.25) is 10.0 Å². The first kappa shape index (κ1) is 21.1. The molecule has 1 fully saturated rings. The van der Waals surface area contributed by atoms with Crippen LogP contribution in [0.2, 0.25) is 0 Å². The minimum absolute atomic E-state index is 0.121. The van der Waals surface area contributed by atoms with Crippen molar-refractivity contribution in [2.45, 2.75) is 31.4 Å². The number of benzene rings is 1. The van der Waals surface area contributed by atoms with Crippen LogP contribution >= 0.6 is 0 Å². The number of hydrogen-bond donors (Lipinski definition) is 2. The van der Waals surface area contributed by atoms with Crippen molar-refractivity contribution in [3.8, 4) is 0 Å². The van der Waals surface area contributed by atoms with Crippen LogP contribution in [0.1, 0.15) is 17.5 Å². The van der Waals surface area contributed by atoms with Gasteiger partial charge in [-0.25, -0.2) is 8.42 Å². The van der Waals surface area contributed by atoms with Crippen molar-refractivity contribution in [2.24, 2.45) is 0 Å². The summed E-state index contributed by atoms with van der Waals surface area (Å²) >= 11 is 0. The molecule has 27 heavy (non-hydrogen) atoms. The first-order valence-corrected chi connectivity index (χ1v) is 10.1. The lowest BCUT2D eigenvalue weighted by Crippen LogP contribution is -2.53. The van der Waals surface area contributed by atoms with Crippen LogP contribution in [0.15, 0.2) is 35.7 Å². The van der Waals surface area contributed by atoms with Crippen molar-refractivity contribution in [3.05, 3.63) is 42.0 Å². The molecule has 8 nitrogen and oxygen atoms in total. The van der Waals surface area contributed by atoms with Gasteiger partial charge >= 0.3 is 11.8 Å². The number of carbonyl (C=O) groups is 2. The normalized spacial score (nSPS) is 17.9. The molecule has 0 aromatic heterocycles. The zero-order valence-electron chi connectivity index (χ0n) is 15.5. The van der Waals surface area contributed by atoms with Gasteiger partial charge in [-0.2, -0.15) is 4.31 Å². The van der Waals surface area contributed by atoms with Crippen LogP contribution in [0.25, 0.3) is 0 Å². The molecule has 0 bridgehead atoms.